The Morgan fingerprint density at radius 2 is 1.51 bits per heavy atom. The van der Waals surface area contributed by atoms with E-state index in [0.717, 1.165) is 38.5 Å². The van der Waals surface area contributed by atoms with E-state index in [9.17, 15) is 25.4 Å². The minimum atomic E-state index is -0.464. The fraction of sp³-hybridized carbons (Fsp3) is 0.583. The summed E-state index contributed by atoms with van der Waals surface area (Å²) < 4.78 is 11.2. The van der Waals surface area contributed by atoms with E-state index in [0.29, 0.717) is 38.5 Å². The lowest BCUT2D eigenvalue weighted by molar-refractivity contribution is -0.141. The quantitative estimate of drug-likeness (QED) is 0.0983. The predicted octanol–water partition coefficient (Wildman–Crippen LogP) is 8.77. The SMILES string of the molecule is CCCCCCCC1(C#N)CCC(C(=O)Oc2ccc(OC(=O)C3CC=C(CCC=C(C)C)CC3)c(C#N)c2C#N)CC1. The lowest BCUT2D eigenvalue weighted by atomic mass is 9.69. The first-order chi connectivity index (χ1) is 20.8. The summed E-state index contributed by atoms with van der Waals surface area (Å²) in [5, 5.41) is 29.6. The molecule has 1 atom stereocenters. The van der Waals surface area contributed by atoms with Crippen molar-refractivity contribution >= 4 is 11.9 Å². The van der Waals surface area contributed by atoms with E-state index in [1.165, 1.54) is 42.5 Å². The summed E-state index contributed by atoms with van der Waals surface area (Å²) in [4.78, 5) is 26.0. The van der Waals surface area contributed by atoms with Crippen LogP contribution in [0, 0.1) is 51.2 Å². The third-order valence-electron chi connectivity index (χ3n) is 8.90. The van der Waals surface area contributed by atoms with Crippen LogP contribution in [0.15, 0.2) is 35.4 Å². The second kappa shape index (κ2) is 16.7. The van der Waals surface area contributed by atoms with Gasteiger partial charge < -0.3 is 9.47 Å². The summed E-state index contributed by atoms with van der Waals surface area (Å²) >= 11 is 0. The van der Waals surface area contributed by atoms with Crippen LogP contribution < -0.4 is 9.47 Å². The van der Waals surface area contributed by atoms with Gasteiger partial charge in [0.15, 0.2) is 0 Å². The zero-order valence-electron chi connectivity index (χ0n) is 26.0. The maximum absolute atomic E-state index is 13.1. The molecular formula is C36H45N3O4. The standard InChI is InChI=1S/C36H45N3O4/c1-4-5-6-7-8-20-36(25-39)21-18-29(19-22-36)35(41)43-33-17-16-32(30(23-37)31(33)24-38)42-34(40)28-14-12-27(13-15-28)11-9-10-26(2)3/h10,12,16-17,28-29H,4-9,11,13-15,18-22H2,1-3H3. The van der Waals surface area contributed by atoms with Gasteiger partial charge in [0.2, 0.25) is 0 Å². The van der Waals surface area contributed by atoms with Gasteiger partial charge in [-0.25, -0.2) is 0 Å². The van der Waals surface area contributed by atoms with Crippen LogP contribution in [0.3, 0.4) is 0 Å². The molecule has 0 aliphatic heterocycles. The molecule has 2 aliphatic carbocycles. The van der Waals surface area contributed by atoms with E-state index in [-0.39, 0.29) is 39.9 Å². The molecule has 0 radical (unpaired) electrons. The minimum Gasteiger partial charge on any atom is -0.425 e. The largest absolute Gasteiger partial charge is 0.425 e. The normalized spacial score (nSPS) is 21.3. The van der Waals surface area contributed by atoms with Crippen molar-refractivity contribution in [3.63, 3.8) is 0 Å². The van der Waals surface area contributed by atoms with E-state index >= 15 is 0 Å². The molecule has 3 rings (SSSR count). The number of nitrogens with zero attached hydrogens (tertiary/aromatic N) is 3. The highest BCUT2D eigenvalue weighted by atomic mass is 16.5. The molecule has 228 valence electrons. The molecule has 7 heteroatoms. The lowest BCUT2D eigenvalue weighted by Crippen LogP contribution is -2.31. The van der Waals surface area contributed by atoms with Crippen LogP contribution in [0.2, 0.25) is 0 Å². The summed E-state index contributed by atoms with van der Waals surface area (Å²) in [7, 11) is 0. The van der Waals surface area contributed by atoms with Gasteiger partial charge in [0.1, 0.15) is 34.8 Å². The Hall–Kier alpha value is -3.89. The van der Waals surface area contributed by atoms with Gasteiger partial charge in [0.25, 0.3) is 0 Å². The zero-order chi connectivity index (χ0) is 31.2. The molecule has 2 aliphatic rings. The lowest BCUT2D eigenvalue weighted by Gasteiger charge is -2.34. The van der Waals surface area contributed by atoms with Gasteiger partial charge in [-0.2, -0.15) is 15.8 Å². The summed E-state index contributed by atoms with van der Waals surface area (Å²) in [6, 6.07) is 9.29. The Labute approximate surface area is 257 Å². The molecular weight excluding hydrogens is 538 g/mol. The van der Waals surface area contributed by atoms with Crippen molar-refractivity contribution in [2.75, 3.05) is 0 Å². The summed E-state index contributed by atoms with van der Waals surface area (Å²) in [5.41, 5.74) is 2.01. The van der Waals surface area contributed by atoms with Crippen LogP contribution in [-0.4, -0.2) is 11.9 Å². The van der Waals surface area contributed by atoms with Crippen LogP contribution in [0.1, 0.15) is 128 Å². The third kappa shape index (κ3) is 9.56. The Kier molecular flexibility index (Phi) is 13.0. The third-order valence-corrected chi connectivity index (χ3v) is 8.90. The predicted molar refractivity (Wildman–Crippen MR) is 165 cm³/mol. The topological polar surface area (TPSA) is 124 Å². The highest BCUT2D eigenvalue weighted by Gasteiger charge is 2.38. The number of ether oxygens (including phenoxy) is 2. The number of esters is 2. The molecule has 7 nitrogen and oxygen atoms in total. The summed E-state index contributed by atoms with van der Waals surface area (Å²) in [6.07, 6.45) is 17.4. The Balaban J connectivity index is 1.59. The van der Waals surface area contributed by atoms with Gasteiger partial charge in [-0.3, -0.25) is 9.59 Å². The first-order valence-electron chi connectivity index (χ1n) is 15.9. The summed E-state index contributed by atoms with van der Waals surface area (Å²) in [5.74, 6) is -1.60. The average Bonchev–Trinajstić information content (AvgIpc) is 3.01. The maximum atomic E-state index is 13.1. The highest BCUT2D eigenvalue weighted by Crippen LogP contribution is 2.43. The number of unbranched alkanes of at least 4 members (excludes halogenated alkanes) is 4. The van der Waals surface area contributed by atoms with Crippen LogP contribution >= 0.6 is 0 Å². The van der Waals surface area contributed by atoms with Gasteiger partial charge in [-0.15, -0.1) is 0 Å². The van der Waals surface area contributed by atoms with Crippen LogP contribution in [0.4, 0.5) is 0 Å². The molecule has 1 aromatic rings. The second-order valence-corrected chi connectivity index (χ2v) is 12.4. The minimum absolute atomic E-state index is 0.00223. The van der Waals surface area contributed by atoms with Crippen molar-refractivity contribution in [2.45, 2.75) is 117 Å². The fourth-order valence-corrected chi connectivity index (χ4v) is 6.11. The maximum Gasteiger partial charge on any atom is 0.314 e. The first-order valence-corrected chi connectivity index (χ1v) is 15.9. The molecule has 0 N–H and O–H groups in total. The highest BCUT2D eigenvalue weighted by molar-refractivity contribution is 5.79. The molecule has 0 bridgehead atoms. The molecule has 1 unspecified atom stereocenters. The van der Waals surface area contributed by atoms with Gasteiger partial charge in [0.05, 0.1) is 23.3 Å². The Morgan fingerprint density at radius 1 is 0.907 bits per heavy atom. The fourth-order valence-electron chi connectivity index (χ4n) is 6.11. The van der Waals surface area contributed by atoms with Gasteiger partial charge in [0, 0.05) is 0 Å². The molecule has 1 saturated carbocycles. The van der Waals surface area contributed by atoms with E-state index < -0.39 is 11.9 Å². The number of carbonyl (C=O) groups excluding carboxylic acids is 2. The van der Waals surface area contributed by atoms with E-state index in [2.05, 4.69) is 39.0 Å². The monoisotopic (exact) mass is 583 g/mol. The number of allylic oxidation sites excluding steroid dienone is 4. The van der Waals surface area contributed by atoms with Crippen molar-refractivity contribution in [2.24, 2.45) is 17.3 Å². The smallest absolute Gasteiger partial charge is 0.314 e. The van der Waals surface area contributed by atoms with Gasteiger partial charge >= 0.3 is 11.9 Å². The number of benzene rings is 1. The van der Waals surface area contributed by atoms with E-state index in [4.69, 9.17) is 9.47 Å². The average molecular weight is 584 g/mol. The first kappa shape index (κ1) is 33.6. The van der Waals surface area contributed by atoms with Crippen molar-refractivity contribution in [3.8, 4) is 29.7 Å². The van der Waals surface area contributed by atoms with Crippen molar-refractivity contribution in [3.05, 3.63) is 46.6 Å². The molecule has 0 amide bonds. The Bertz CT molecular complexity index is 1330. The molecule has 0 spiro atoms. The molecule has 43 heavy (non-hydrogen) atoms. The van der Waals surface area contributed by atoms with Crippen molar-refractivity contribution in [1.29, 1.82) is 15.8 Å². The number of hydrogen-bond donors (Lipinski definition) is 0. The van der Waals surface area contributed by atoms with Gasteiger partial charge in [-0.1, -0.05) is 62.3 Å². The molecule has 0 saturated heterocycles. The number of carbonyl (C=O) groups is 2. The number of hydrogen-bond acceptors (Lipinski definition) is 7. The molecule has 1 aromatic carbocycles. The van der Waals surface area contributed by atoms with Crippen molar-refractivity contribution < 1.29 is 19.1 Å². The van der Waals surface area contributed by atoms with Crippen molar-refractivity contribution in [1.82, 2.24) is 0 Å². The number of rotatable bonds is 13. The zero-order valence-corrected chi connectivity index (χ0v) is 26.0. The number of nitriles is 3. The summed E-state index contributed by atoms with van der Waals surface area (Å²) in [6.45, 7) is 6.34. The van der Waals surface area contributed by atoms with E-state index in [1.807, 2.05) is 12.1 Å². The van der Waals surface area contributed by atoms with Gasteiger partial charge in [-0.05, 0) is 90.2 Å². The van der Waals surface area contributed by atoms with E-state index in [1.54, 1.807) is 0 Å². The molecule has 0 aromatic heterocycles. The molecule has 1 fully saturated rings. The van der Waals surface area contributed by atoms with Crippen LogP contribution in [0.5, 0.6) is 11.5 Å². The Morgan fingerprint density at radius 3 is 2.02 bits per heavy atom. The van der Waals surface area contributed by atoms with Crippen LogP contribution in [-0.2, 0) is 9.59 Å². The van der Waals surface area contributed by atoms with Crippen LogP contribution in [0.25, 0.3) is 0 Å². The second-order valence-electron chi connectivity index (χ2n) is 12.4. The molecule has 0 heterocycles.